The Hall–Kier alpha value is -1.09. The van der Waals surface area contributed by atoms with Gasteiger partial charge in [-0.05, 0) is 48.6 Å². The van der Waals surface area contributed by atoms with Gasteiger partial charge in [0.25, 0.3) is 0 Å². The maximum absolute atomic E-state index is 11.2. The van der Waals surface area contributed by atoms with E-state index in [9.17, 15) is 5.11 Å². The summed E-state index contributed by atoms with van der Waals surface area (Å²) >= 11 is 0. The van der Waals surface area contributed by atoms with E-state index in [1.807, 2.05) is 13.0 Å². The molecule has 19 heavy (non-hydrogen) atoms. The van der Waals surface area contributed by atoms with E-state index in [4.69, 9.17) is 5.73 Å². The second-order valence-corrected chi connectivity index (χ2v) is 7.84. The number of aryl methyl sites for hydroxylation is 1. The maximum atomic E-state index is 11.2. The lowest BCUT2D eigenvalue weighted by atomic mass is 9.58. The molecule has 3 heteroatoms. The van der Waals surface area contributed by atoms with Gasteiger partial charge in [-0.1, -0.05) is 27.7 Å². The normalized spacial score (nSPS) is 24.1. The SMILES string of the molecule is Cc1cnc(N)c(C2(O)CC(C)(C)CC(C)(C)C2)c1. The summed E-state index contributed by atoms with van der Waals surface area (Å²) in [4.78, 5) is 4.21. The monoisotopic (exact) mass is 262 g/mol. The minimum absolute atomic E-state index is 0.104. The van der Waals surface area contributed by atoms with E-state index in [1.165, 1.54) is 0 Å². The molecular formula is C16H26N2O. The Kier molecular flexibility index (Phi) is 3.17. The molecule has 0 spiro atoms. The first-order chi connectivity index (χ1) is 8.53. The molecule has 106 valence electrons. The number of rotatable bonds is 1. The van der Waals surface area contributed by atoms with Gasteiger partial charge in [0.05, 0.1) is 5.60 Å². The highest BCUT2D eigenvalue weighted by Crippen LogP contribution is 2.54. The van der Waals surface area contributed by atoms with Crippen molar-refractivity contribution in [3.8, 4) is 0 Å². The maximum Gasteiger partial charge on any atom is 0.129 e. The molecule has 1 aliphatic rings. The summed E-state index contributed by atoms with van der Waals surface area (Å²) in [5, 5.41) is 11.2. The van der Waals surface area contributed by atoms with Crippen molar-refractivity contribution in [1.82, 2.24) is 4.98 Å². The van der Waals surface area contributed by atoms with Gasteiger partial charge < -0.3 is 10.8 Å². The van der Waals surface area contributed by atoms with Crippen LogP contribution in [-0.4, -0.2) is 10.1 Å². The number of pyridine rings is 1. The van der Waals surface area contributed by atoms with Crippen LogP contribution in [0.3, 0.4) is 0 Å². The summed E-state index contributed by atoms with van der Waals surface area (Å²) in [5.41, 5.74) is 7.19. The molecule has 0 radical (unpaired) electrons. The number of aliphatic hydroxyl groups is 1. The molecule has 0 amide bonds. The first-order valence-corrected chi connectivity index (χ1v) is 6.98. The lowest BCUT2D eigenvalue weighted by Crippen LogP contribution is -2.44. The fourth-order valence-corrected chi connectivity index (χ4v) is 4.21. The summed E-state index contributed by atoms with van der Waals surface area (Å²) in [6.07, 6.45) is 4.33. The average molecular weight is 262 g/mol. The predicted octanol–water partition coefficient (Wildman–Crippen LogP) is 3.40. The molecule has 0 atom stereocenters. The summed E-state index contributed by atoms with van der Waals surface area (Å²) in [6.45, 7) is 10.9. The third-order valence-electron chi connectivity index (χ3n) is 4.06. The average Bonchev–Trinajstić information content (AvgIpc) is 2.16. The van der Waals surface area contributed by atoms with Gasteiger partial charge in [-0.25, -0.2) is 4.98 Å². The molecule has 2 rings (SSSR count). The lowest BCUT2D eigenvalue weighted by Gasteiger charge is -2.49. The summed E-state index contributed by atoms with van der Waals surface area (Å²) in [7, 11) is 0. The second-order valence-electron chi connectivity index (χ2n) is 7.84. The molecule has 1 saturated carbocycles. The number of nitrogen functional groups attached to an aromatic ring is 1. The van der Waals surface area contributed by atoms with E-state index < -0.39 is 5.60 Å². The summed E-state index contributed by atoms with van der Waals surface area (Å²) in [5.74, 6) is 0.460. The highest BCUT2D eigenvalue weighted by Gasteiger charge is 2.48. The van der Waals surface area contributed by atoms with Gasteiger partial charge in [-0.3, -0.25) is 0 Å². The van der Waals surface area contributed by atoms with E-state index in [2.05, 4.69) is 32.7 Å². The zero-order chi connectivity index (χ0) is 14.5. The number of hydrogen-bond donors (Lipinski definition) is 2. The molecule has 0 saturated heterocycles. The zero-order valence-electron chi connectivity index (χ0n) is 12.7. The van der Waals surface area contributed by atoms with Gasteiger partial charge >= 0.3 is 0 Å². The van der Waals surface area contributed by atoms with Crippen LogP contribution in [0.25, 0.3) is 0 Å². The van der Waals surface area contributed by atoms with E-state index in [1.54, 1.807) is 6.20 Å². The van der Waals surface area contributed by atoms with Gasteiger partial charge in [0.1, 0.15) is 5.82 Å². The van der Waals surface area contributed by atoms with Crippen molar-refractivity contribution < 1.29 is 5.11 Å². The van der Waals surface area contributed by atoms with Crippen LogP contribution in [0.5, 0.6) is 0 Å². The minimum atomic E-state index is -0.867. The van der Waals surface area contributed by atoms with Crippen LogP contribution in [-0.2, 0) is 5.60 Å². The summed E-state index contributed by atoms with van der Waals surface area (Å²) in [6, 6.07) is 1.99. The molecule has 0 aliphatic heterocycles. The Bertz CT molecular complexity index is 476. The number of hydrogen-bond acceptors (Lipinski definition) is 3. The topological polar surface area (TPSA) is 59.1 Å². The molecule has 0 unspecified atom stereocenters. The highest BCUT2D eigenvalue weighted by atomic mass is 16.3. The van der Waals surface area contributed by atoms with Gasteiger partial charge in [-0.15, -0.1) is 0 Å². The first kappa shape index (κ1) is 14.3. The third-order valence-corrected chi connectivity index (χ3v) is 4.06. The van der Waals surface area contributed by atoms with E-state index >= 15 is 0 Å². The van der Waals surface area contributed by atoms with E-state index in [-0.39, 0.29) is 10.8 Å². The molecule has 0 bridgehead atoms. The number of anilines is 1. The van der Waals surface area contributed by atoms with Crippen molar-refractivity contribution in [2.24, 2.45) is 10.8 Å². The van der Waals surface area contributed by atoms with Crippen LogP contribution in [0, 0.1) is 17.8 Å². The van der Waals surface area contributed by atoms with Crippen LogP contribution in [0.4, 0.5) is 5.82 Å². The minimum Gasteiger partial charge on any atom is -0.385 e. The number of aromatic nitrogens is 1. The molecule has 1 aromatic heterocycles. The lowest BCUT2D eigenvalue weighted by molar-refractivity contribution is -0.0909. The van der Waals surface area contributed by atoms with Gasteiger partial charge in [0.2, 0.25) is 0 Å². The van der Waals surface area contributed by atoms with Crippen LogP contribution in [0.15, 0.2) is 12.3 Å². The van der Waals surface area contributed by atoms with Crippen molar-refractivity contribution in [2.45, 2.75) is 59.5 Å². The highest BCUT2D eigenvalue weighted by molar-refractivity contribution is 5.45. The van der Waals surface area contributed by atoms with Crippen molar-refractivity contribution in [3.05, 3.63) is 23.4 Å². The Morgan fingerprint density at radius 2 is 1.63 bits per heavy atom. The third kappa shape index (κ3) is 2.92. The number of nitrogens with two attached hydrogens (primary N) is 1. The van der Waals surface area contributed by atoms with Gasteiger partial charge in [-0.2, -0.15) is 0 Å². The smallest absolute Gasteiger partial charge is 0.129 e. The first-order valence-electron chi connectivity index (χ1n) is 6.98. The zero-order valence-corrected chi connectivity index (χ0v) is 12.7. The molecule has 1 aromatic rings. The molecular weight excluding hydrogens is 236 g/mol. The second kappa shape index (κ2) is 4.20. The van der Waals surface area contributed by atoms with Crippen LogP contribution in [0.2, 0.25) is 0 Å². The van der Waals surface area contributed by atoms with E-state index in [0.29, 0.717) is 5.82 Å². The molecule has 1 aliphatic carbocycles. The Balaban J connectivity index is 2.49. The van der Waals surface area contributed by atoms with Crippen molar-refractivity contribution >= 4 is 5.82 Å². The summed E-state index contributed by atoms with van der Waals surface area (Å²) < 4.78 is 0. The number of nitrogens with zero attached hydrogens (tertiary/aromatic N) is 1. The van der Waals surface area contributed by atoms with Crippen molar-refractivity contribution in [2.75, 3.05) is 5.73 Å². The van der Waals surface area contributed by atoms with Crippen LogP contribution < -0.4 is 5.73 Å². The van der Waals surface area contributed by atoms with Crippen molar-refractivity contribution in [3.63, 3.8) is 0 Å². The van der Waals surface area contributed by atoms with Crippen LogP contribution >= 0.6 is 0 Å². The predicted molar refractivity (Wildman–Crippen MR) is 78.7 cm³/mol. The largest absolute Gasteiger partial charge is 0.385 e. The quantitative estimate of drug-likeness (QED) is 0.815. The van der Waals surface area contributed by atoms with Gasteiger partial charge in [0, 0.05) is 11.8 Å². The van der Waals surface area contributed by atoms with E-state index in [0.717, 1.165) is 30.4 Å². The Labute approximate surface area is 116 Å². The Morgan fingerprint density at radius 1 is 1.11 bits per heavy atom. The fraction of sp³-hybridized carbons (Fsp3) is 0.688. The standard InChI is InChI=1S/C16H26N2O/c1-11-6-12(13(17)18-7-11)16(19)9-14(2,3)8-15(4,5)10-16/h6-7,19H,8-10H2,1-5H3,(H2,17,18). The fourth-order valence-electron chi connectivity index (χ4n) is 4.21. The van der Waals surface area contributed by atoms with Crippen LogP contribution in [0.1, 0.15) is 58.1 Å². The van der Waals surface area contributed by atoms with Gasteiger partial charge in [0.15, 0.2) is 0 Å². The molecule has 3 N–H and O–H groups in total. The molecule has 1 heterocycles. The van der Waals surface area contributed by atoms with Crippen molar-refractivity contribution in [1.29, 1.82) is 0 Å². The molecule has 0 aromatic carbocycles. The molecule has 1 fully saturated rings. The molecule has 3 nitrogen and oxygen atoms in total. The Morgan fingerprint density at radius 3 is 2.16 bits per heavy atom.